The molecule has 0 bridgehead atoms. The predicted octanol–water partition coefficient (Wildman–Crippen LogP) is 3.50. The fourth-order valence-corrected chi connectivity index (χ4v) is 2.83. The summed E-state index contributed by atoms with van der Waals surface area (Å²) in [7, 11) is 1.73. The lowest BCUT2D eigenvalue weighted by Gasteiger charge is -2.28. The lowest BCUT2D eigenvalue weighted by Crippen LogP contribution is -2.23. The Morgan fingerprint density at radius 1 is 1.29 bits per heavy atom. The van der Waals surface area contributed by atoms with Gasteiger partial charge in [-0.25, -0.2) is 0 Å². The molecule has 2 unspecified atom stereocenters. The predicted molar refractivity (Wildman–Crippen MR) is 89.1 cm³/mol. The quantitative estimate of drug-likeness (QED) is 0.844. The van der Waals surface area contributed by atoms with Gasteiger partial charge in [0, 0.05) is 12.1 Å². The molecule has 2 atom stereocenters. The van der Waals surface area contributed by atoms with E-state index in [1.807, 2.05) is 0 Å². The fraction of sp³-hybridized carbons (Fsp3) is 0.667. The van der Waals surface area contributed by atoms with Crippen molar-refractivity contribution in [3.63, 3.8) is 0 Å². The summed E-state index contributed by atoms with van der Waals surface area (Å²) in [6, 6.07) is 4.39. The molecule has 3 heteroatoms. The minimum atomic E-state index is -0.460. The lowest BCUT2D eigenvalue weighted by atomic mass is 9.80. The van der Waals surface area contributed by atoms with E-state index >= 15 is 0 Å². The molecule has 0 saturated heterocycles. The molecule has 0 saturated carbocycles. The molecule has 0 heterocycles. The van der Waals surface area contributed by atoms with Crippen LogP contribution in [0, 0.1) is 6.92 Å². The number of nitrogens with two attached hydrogens (primary N) is 1. The largest absolute Gasteiger partial charge is 0.496 e. The Balaban J connectivity index is 3.36. The summed E-state index contributed by atoms with van der Waals surface area (Å²) in [5.41, 5.74) is 9.24. The van der Waals surface area contributed by atoms with Crippen molar-refractivity contribution in [2.75, 3.05) is 13.7 Å². The Bertz CT molecular complexity index is 463. The van der Waals surface area contributed by atoms with Crippen LogP contribution in [0.3, 0.4) is 0 Å². The van der Waals surface area contributed by atoms with Crippen LogP contribution in [0.15, 0.2) is 12.1 Å². The van der Waals surface area contributed by atoms with Gasteiger partial charge in [-0.05, 0) is 36.7 Å². The first-order valence-electron chi connectivity index (χ1n) is 7.81. The van der Waals surface area contributed by atoms with Crippen LogP contribution in [0.25, 0.3) is 0 Å². The molecule has 3 N–H and O–H groups in total. The third kappa shape index (κ3) is 4.45. The van der Waals surface area contributed by atoms with Crippen molar-refractivity contribution in [2.24, 2.45) is 5.73 Å². The number of ether oxygens (including phenoxy) is 1. The van der Waals surface area contributed by atoms with Crippen molar-refractivity contribution < 1.29 is 9.84 Å². The Hall–Kier alpha value is -1.06. The summed E-state index contributed by atoms with van der Waals surface area (Å²) in [5.74, 6) is 1.23. The monoisotopic (exact) mass is 293 g/mol. The number of rotatable bonds is 6. The van der Waals surface area contributed by atoms with Gasteiger partial charge in [0.15, 0.2) is 0 Å². The highest BCUT2D eigenvalue weighted by atomic mass is 16.5. The van der Waals surface area contributed by atoms with Crippen molar-refractivity contribution in [1.82, 2.24) is 0 Å². The van der Waals surface area contributed by atoms with Gasteiger partial charge in [0.1, 0.15) is 5.75 Å². The summed E-state index contributed by atoms with van der Waals surface area (Å²) in [6.45, 7) is 11.2. The first kappa shape index (κ1) is 18.0. The van der Waals surface area contributed by atoms with Crippen LogP contribution in [-0.4, -0.2) is 24.9 Å². The number of aryl methyl sites for hydroxylation is 1. The van der Waals surface area contributed by atoms with Crippen LogP contribution in [0.1, 0.15) is 63.1 Å². The molecular weight excluding hydrogens is 262 g/mol. The van der Waals surface area contributed by atoms with Crippen molar-refractivity contribution in [2.45, 2.75) is 64.9 Å². The summed E-state index contributed by atoms with van der Waals surface area (Å²) < 4.78 is 5.74. The van der Waals surface area contributed by atoms with Crippen LogP contribution in [0.4, 0.5) is 0 Å². The SMILES string of the molecule is CCC(CC(O)CN)c1cc(C)cc(C(C)(C)C)c1OC. The number of hydrogen-bond donors (Lipinski definition) is 2. The average Bonchev–Trinajstić information content (AvgIpc) is 2.42. The smallest absolute Gasteiger partial charge is 0.126 e. The Morgan fingerprint density at radius 3 is 2.33 bits per heavy atom. The molecule has 0 aromatic heterocycles. The van der Waals surface area contributed by atoms with Crippen molar-refractivity contribution in [3.05, 3.63) is 28.8 Å². The average molecular weight is 293 g/mol. The van der Waals surface area contributed by atoms with Crippen molar-refractivity contribution in [3.8, 4) is 5.75 Å². The van der Waals surface area contributed by atoms with E-state index in [0.29, 0.717) is 13.0 Å². The van der Waals surface area contributed by atoms with Gasteiger partial charge in [0.2, 0.25) is 0 Å². The second-order valence-corrected chi connectivity index (χ2v) is 6.92. The standard InChI is InChI=1S/C18H31NO2/c1-7-13(10-14(20)11-19)15-8-12(2)9-16(17(15)21-6)18(3,4)5/h8-9,13-14,20H,7,10-11,19H2,1-6H3. The molecule has 0 amide bonds. The molecule has 0 aliphatic rings. The van der Waals surface area contributed by atoms with Gasteiger partial charge in [0.25, 0.3) is 0 Å². The van der Waals surface area contributed by atoms with E-state index in [1.54, 1.807) is 7.11 Å². The lowest BCUT2D eigenvalue weighted by molar-refractivity contribution is 0.161. The highest BCUT2D eigenvalue weighted by Gasteiger charge is 2.25. The fourth-order valence-electron chi connectivity index (χ4n) is 2.83. The number of aliphatic hydroxyl groups excluding tert-OH is 1. The summed E-state index contributed by atoms with van der Waals surface area (Å²) in [6.07, 6.45) is 1.18. The topological polar surface area (TPSA) is 55.5 Å². The van der Waals surface area contributed by atoms with Gasteiger partial charge in [0.05, 0.1) is 13.2 Å². The van der Waals surface area contributed by atoms with Gasteiger partial charge in [-0.3, -0.25) is 0 Å². The van der Waals surface area contributed by atoms with Gasteiger partial charge in [-0.1, -0.05) is 45.4 Å². The summed E-state index contributed by atoms with van der Waals surface area (Å²) >= 11 is 0. The second kappa shape index (κ2) is 7.28. The molecule has 0 radical (unpaired) electrons. The molecular formula is C18H31NO2. The van der Waals surface area contributed by atoms with Crippen LogP contribution in [0.5, 0.6) is 5.75 Å². The normalized spacial score (nSPS) is 14.9. The molecule has 21 heavy (non-hydrogen) atoms. The molecule has 120 valence electrons. The van der Waals surface area contributed by atoms with Gasteiger partial charge in [-0.2, -0.15) is 0 Å². The van der Waals surface area contributed by atoms with Crippen LogP contribution < -0.4 is 10.5 Å². The first-order valence-corrected chi connectivity index (χ1v) is 7.81. The molecule has 3 nitrogen and oxygen atoms in total. The Labute approximate surface area is 129 Å². The van der Waals surface area contributed by atoms with E-state index in [4.69, 9.17) is 10.5 Å². The van der Waals surface area contributed by atoms with Crippen molar-refractivity contribution >= 4 is 0 Å². The summed E-state index contributed by atoms with van der Waals surface area (Å²) in [5, 5.41) is 9.92. The molecule has 1 rings (SSSR count). The number of benzene rings is 1. The minimum Gasteiger partial charge on any atom is -0.496 e. The maximum atomic E-state index is 9.92. The summed E-state index contributed by atoms with van der Waals surface area (Å²) in [4.78, 5) is 0. The van der Waals surface area contributed by atoms with E-state index in [9.17, 15) is 5.11 Å². The van der Waals surface area contributed by atoms with Gasteiger partial charge >= 0.3 is 0 Å². The molecule has 0 spiro atoms. The number of aliphatic hydroxyl groups is 1. The maximum absolute atomic E-state index is 9.92. The zero-order chi connectivity index (χ0) is 16.2. The van der Waals surface area contributed by atoms with E-state index in [0.717, 1.165) is 12.2 Å². The third-order valence-corrected chi connectivity index (χ3v) is 4.04. The van der Waals surface area contributed by atoms with Gasteiger partial charge in [-0.15, -0.1) is 0 Å². The number of methoxy groups -OCH3 is 1. The molecule has 0 fully saturated rings. The zero-order valence-corrected chi connectivity index (χ0v) is 14.4. The van der Waals surface area contributed by atoms with Crippen LogP contribution in [0.2, 0.25) is 0 Å². The Kier molecular flexibility index (Phi) is 6.24. The highest BCUT2D eigenvalue weighted by Crippen LogP contribution is 2.40. The minimum absolute atomic E-state index is 0.0247. The first-order chi connectivity index (χ1) is 9.74. The van der Waals surface area contributed by atoms with E-state index < -0.39 is 6.10 Å². The molecule has 0 aliphatic heterocycles. The van der Waals surface area contributed by atoms with Crippen molar-refractivity contribution in [1.29, 1.82) is 0 Å². The van der Waals surface area contributed by atoms with E-state index in [-0.39, 0.29) is 11.3 Å². The van der Waals surface area contributed by atoms with Gasteiger partial charge < -0.3 is 15.6 Å². The molecule has 0 aliphatic carbocycles. The van der Waals surface area contributed by atoms with E-state index in [2.05, 4.69) is 46.8 Å². The van der Waals surface area contributed by atoms with Crippen LogP contribution in [-0.2, 0) is 5.41 Å². The highest BCUT2D eigenvalue weighted by molar-refractivity contribution is 5.49. The molecule has 1 aromatic carbocycles. The zero-order valence-electron chi connectivity index (χ0n) is 14.4. The third-order valence-electron chi connectivity index (χ3n) is 4.04. The Morgan fingerprint density at radius 2 is 1.90 bits per heavy atom. The van der Waals surface area contributed by atoms with Crippen LogP contribution >= 0.6 is 0 Å². The van der Waals surface area contributed by atoms with E-state index in [1.165, 1.54) is 16.7 Å². The maximum Gasteiger partial charge on any atom is 0.126 e. The number of hydrogen-bond acceptors (Lipinski definition) is 3. The second-order valence-electron chi connectivity index (χ2n) is 6.92. The molecule has 1 aromatic rings.